The van der Waals surface area contributed by atoms with Crippen molar-refractivity contribution < 1.29 is 18.3 Å². The molecule has 8 rings (SSSR count). The fourth-order valence-electron chi connectivity index (χ4n) is 7.79. The largest absolute Gasteiger partial charge is 0.490 e. The summed E-state index contributed by atoms with van der Waals surface area (Å²) in [7, 11) is 0. The molecule has 1 unspecified atom stereocenters. The fourth-order valence-corrected chi connectivity index (χ4v) is 8.74. The molecule has 6 heterocycles. The number of thiophene rings is 1. The van der Waals surface area contributed by atoms with E-state index in [1.807, 2.05) is 0 Å². The first kappa shape index (κ1) is 25.9. The summed E-state index contributed by atoms with van der Waals surface area (Å²) in [4.78, 5) is 14.3. The van der Waals surface area contributed by atoms with Crippen LogP contribution in [0.25, 0.3) is 32.1 Å². The van der Waals surface area contributed by atoms with E-state index in [1.165, 1.54) is 12.1 Å². The summed E-state index contributed by atoms with van der Waals surface area (Å²) in [6.45, 7) is 5.62. The molecule has 3 fully saturated rings. The second kappa shape index (κ2) is 9.38. The Bertz CT molecular complexity index is 1820. The van der Waals surface area contributed by atoms with E-state index in [1.54, 1.807) is 6.92 Å². The minimum Gasteiger partial charge on any atom is -0.490 e. The minimum absolute atomic E-state index is 0.0137. The van der Waals surface area contributed by atoms with Crippen molar-refractivity contribution >= 4 is 43.1 Å². The Labute approximate surface area is 245 Å². The van der Waals surface area contributed by atoms with Gasteiger partial charge in [-0.25, -0.2) is 8.78 Å². The van der Waals surface area contributed by atoms with Gasteiger partial charge < -0.3 is 20.1 Å². The molecule has 4 aromatic rings. The van der Waals surface area contributed by atoms with E-state index < -0.39 is 11.6 Å². The zero-order valence-electron chi connectivity index (χ0n) is 23.3. The predicted molar refractivity (Wildman–Crippen MR) is 158 cm³/mol. The highest BCUT2D eigenvalue weighted by Gasteiger charge is 2.45. The van der Waals surface area contributed by atoms with Crippen LogP contribution in [-0.2, 0) is 0 Å². The molecule has 4 aliphatic heterocycles. The minimum atomic E-state index is -0.580. The average molecular weight is 589 g/mol. The summed E-state index contributed by atoms with van der Waals surface area (Å²) < 4.78 is 44.9. The van der Waals surface area contributed by atoms with E-state index in [-0.39, 0.29) is 43.9 Å². The third kappa shape index (κ3) is 3.57. The van der Waals surface area contributed by atoms with Gasteiger partial charge in [-0.2, -0.15) is 15.2 Å². The number of anilines is 2. The van der Waals surface area contributed by atoms with Crippen LogP contribution >= 0.6 is 11.3 Å². The first-order valence-electron chi connectivity index (χ1n) is 14.6. The van der Waals surface area contributed by atoms with E-state index >= 15 is 4.39 Å². The van der Waals surface area contributed by atoms with Crippen molar-refractivity contribution in [2.24, 2.45) is 0 Å². The van der Waals surface area contributed by atoms with Crippen molar-refractivity contribution in [1.82, 2.24) is 14.9 Å². The van der Waals surface area contributed by atoms with Crippen LogP contribution in [0.15, 0.2) is 12.1 Å². The van der Waals surface area contributed by atoms with Crippen LogP contribution in [0.5, 0.6) is 11.8 Å². The molecule has 0 amide bonds. The van der Waals surface area contributed by atoms with Gasteiger partial charge in [-0.3, -0.25) is 4.90 Å². The number of aromatic nitrogens is 2. The summed E-state index contributed by atoms with van der Waals surface area (Å²) in [5.74, 6) is 0.0535. The van der Waals surface area contributed by atoms with Crippen LogP contribution < -0.4 is 20.1 Å². The molecule has 0 aliphatic carbocycles. The van der Waals surface area contributed by atoms with Gasteiger partial charge in [0.1, 0.15) is 47.2 Å². The van der Waals surface area contributed by atoms with Crippen molar-refractivity contribution in [2.75, 3.05) is 43.5 Å². The summed E-state index contributed by atoms with van der Waals surface area (Å²) in [5, 5.41) is 10.9. The van der Waals surface area contributed by atoms with Crippen molar-refractivity contribution in [2.45, 2.75) is 57.0 Å². The van der Waals surface area contributed by atoms with Gasteiger partial charge in [0.25, 0.3) is 0 Å². The first-order valence-corrected chi connectivity index (χ1v) is 15.4. The number of nitrogen functional groups attached to an aromatic ring is 1. The molecule has 2 aromatic heterocycles. The lowest BCUT2D eigenvalue weighted by molar-refractivity contribution is 0.108. The van der Waals surface area contributed by atoms with Crippen LogP contribution in [0.3, 0.4) is 0 Å². The van der Waals surface area contributed by atoms with Gasteiger partial charge in [-0.15, -0.1) is 11.3 Å². The first-order chi connectivity index (χ1) is 20.4. The van der Waals surface area contributed by atoms with Gasteiger partial charge in [0.05, 0.1) is 27.2 Å². The quantitative estimate of drug-likeness (QED) is 0.314. The Morgan fingerprint density at radius 2 is 1.98 bits per heavy atom. The smallest absolute Gasteiger partial charge is 0.319 e. The number of hydrogen-bond acceptors (Lipinski definition) is 9. The second-order valence-electron chi connectivity index (χ2n) is 12.0. The predicted octanol–water partition coefficient (Wildman–Crippen LogP) is 5.92. The van der Waals surface area contributed by atoms with Gasteiger partial charge >= 0.3 is 6.01 Å². The summed E-state index contributed by atoms with van der Waals surface area (Å²) in [5.41, 5.74) is 7.48. The molecular formula is C31H30F2N6O2S. The zero-order chi connectivity index (χ0) is 28.7. The number of nitrogens with zero attached hydrogens (tertiary/aromatic N) is 5. The molecule has 216 valence electrons. The molecule has 0 spiro atoms. The lowest BCUT2D eigenvalue weighted by atomic mass is 9.92. The molecule has 8 nitrogen and oxygen atoms in total. The summed E-state index contributed by atoms with van der Waals surface area (Å²) >= 11 is 0.990. The molecular weight excluding hydrogens is 558 g/mol. The zero-order valence-corrected chi connectivity index (χ0v) is 24.1. The monoisotopic (exact) mass is 588 g/mol. The molecule has 3 saturated heterocycles. The van der Waals surface area contributed by atoms with Gasteiger partial charge in [0, 0.05) is 23.1 Å². The highest BCUT2D eigenvalue weighted by molar-refractivity contribution is 7.23. The molecule has 1 atom stereocenters. The summed E-state index contributed by atoms with van der Waals surface area (Å²) in [6.07, 6.45) is 6.37. The Balaban J connectivity index is 1.36. The second-order valence-corrected chi connectivity index (χ2v) is 13.0. The van der Waals surface area contributed by atoms with Crippen LogP contribution in [0.1, 0.15) is 49.7 Å². The molecule has 0 bridgehead atoms. The number of nitrogens with two attached hydrogens (primary N) is 1. The van der Waals surface area contributed by atoms with Crippen LogP contribution in [-0.4, -0.2) is 59.3 Å². The van der Waals surface area contributed by atoms with Crippen LogP contribution in [0.2, 0.25) is 0 Å². The van der Waals surface area contributed by atoms with Crippen molar-refractivity contribution in [1.29, 1.82) is 5.26 Å². The number of fused-ring (bicyclic) bond motifs is 4. The maximum Gasteiger partial charge on any atom is 0.319 e. The normalized spacial score (nSPS) is 20.9. The molecule has 4 aliphatic rings. The van der Waals surface area contributed by atoms with Gasteiger partial charge in [-0.1, -0.05) is 6.07 Å². The van der Waals surface area contributed by atoms with E-state index in [2.05, 4.69) is 20.9 Å². The number of halogens is 2. The van der Waals surface area contributed by atoms with Gasteiger partial charge in [0.15, 0.2) is 5.82 Å². The third-order valence-electron chi connectivity index (χ3n) is 9.79. The maximum absolute atomic E-state index is 17.0. The van der Waals surface area contributed by atoms with Crippen LogP contribution in [0, 0.1) is 29.9 Å². The molecule has 2 aromatic carbocycles. The van der Waals surface area contributed by atoms with E-state index in [0.29, 0.717) is 46.7 Å². The highest BCUT2D eigenvalue weighted by Crippen LogP contribution is 2.49. The molecule has 11 heteroatoms. The van der Waals surface area contributed by atoms with Gasteiger partial charge in [-0.05, 0) is 70.2 Å². The van der Waals surface area contributed by atoms with E-state index in [0.717, 1.165) is 69.5 Å². The maximum atomic E-state index is 17.0. The standard InChI is InChI=1S/C31H30F2N6O2S/c1-16-21(18-6-7-20(32)27-22(18)19(13-34)28(35)42-27)24(33)25-23-26(16)40-14-17-5-2-12-39(17)29(23)37-30(36-25)41-15-31-8-3-10-38(31)11-4-9-31/h6-7,17H,2-5,8-12,14-15,35H2,1H3. The van der Waals surface area contributed by atoms with E-state index in [9.17, 15) is 9.65 Å². The average Bonchev–Trinajstić information content (AvgIpc) is 3.74. The number of rotatable bonds is 4. The Kier molecular flexibility index (Phi) is 5.79. The van der Waals surface area contributed by atoms with Crippen molar-refractivity contribution in [3.8, 4) is 29.0 Å². The number of benzene rings is 2. The Morgan fingerprint density at radius 3 is 2.76 bits per heavy atom. The lowest BCUT2D eigenvalue weighted by Crippen LogP contribution is -2.43. The number of ether oxygens (including phenoxy) is 2. The SMILES string of the molecule is Cc1c(-c2ccc(F)c3sc(N)c(C#N)c23)c(F)c2nc(OCC34CCCN3CCC4)nc3c2c1OCC1CCCN31. The topological polar surface area (TPSA) is 101 Å². The number of hydrogen-bond donors (Lipinski definition) is 1. The molecule has 2 N–H and O–H groups in total. The summed E-state index contributed by atoms with van der Waals surface area (Å²) in [6, 6.07) is 5.16. The number of nitriles is 1. The highest BCUT2D eigenvalue weighted by atomic mass is 32.1. The van der Waals surface area contributed by atoms with Crippen LogP contribution in [0.4, 0.5) is 19.6 Å². The molecule has 0 radical (unpaired) electrons. The lowest BCUT2D eigenvalue weighted by Gasteiger charge is -2.31. The Morgan fingerprint density at radius 1 is 1.17 bits per heavy atom. The molecule has 42 heavy (non-hydrogen) atoms. The van der Waals surface area contributed by atoms with E-state index in [4.69, 9.17) is 20.2 Å². The van der Waals surface area contributed by atoms with Crippen molar-refractivity contribution in [3.63, 3.8) is 0 Å². The van der Waals surface area contributed by atoms with Crippen molar-refractivity contribution in [3.05, 3.63) is 34.9 Å². The Hall–Kier alpha value is -3.75. The fraction of sp³-hybridized carbons (Fsp3) is 0.452. The molecule has 0 saturated carbocycles. The van der Waals surface area contributed by atoms with Gasteiger partial charge in [0.2, 0.25) is 0 Å². The third-order valence-corrected chi connectivity index (χ3v) is 10.8.